The largest absolute Gasteiger partial charge is 0.508 e. The highest BCUT2D eigenvalue weighted by Gasteiger charge is 2.64. The third-order valence-corrected chi connectivity index (χ3v) is 12.7. The molecule has 3 aliphatic carbocycles. The molecule has 8 N–H and O–H groups in total. The normalized spacial score (nSPS) is 32.0. The first kappa shape index (κ1) is 27.7. The van der Waals surface area contributed by atoms with E-state index in [1.54, 1.807) is 6.07 Å². The standard InChI is InChI=1S/C23H36N2O9P2/c1-22-8-6-17-16-5-3-15(26)12-14(16)2-4-18(17)19(22)7-9-23(22,28)21(27)25-11-10-24-13-20(35(29,30)31)36(32,33)34/h3,5,12,17-20,24,26,28H,2,4,6-11,13H2,1H3,(H,25,27)(H2,29,30,31)(H2,32,33,34)/t17?,18?,19?,22-,23-/m0/s1. The third-order valence-electron chi connectivity index (χ3n) is 8.93. The van der Waals surface area contributed by atoms with Gasteiger partial charge < -0.3 is 40.4 Å². The van der Waals surface area contributed by atoms with Crippen LogP contribution in [0.4, 0.5) is 0 Å². The zero-order valence-electron chi connectivity index (χ0n) is 20.2. The van der Waals surface area contributed by atoms with Crippen molar-refractivity contribution in [3.05, 3.63) is 29.3 Å². The van der Waals surface area contributed by atoms with Crippen molar-refractivity contribution in [1.29, 1.82) is 0 Å². The van der Waals surface area contributed by atoms with E-state index in [1.807, 2.05) is 19.1 Å². The summed E-state index contributed by atoms with van der Waals surface area (Å²) in [5, 5.41) is 24.6. The first-order valence-corrected chi connectivity index (χ1v) is 15.7. The van der Waals surface area contributed by atoms with Crippen LogP contribution in [0.2, 0.25) is 0 Å². The second kappa shape index (κ2) is 9.79. The van der Waals surface area contributed by atoms with E-state index in [0.717, 1.165) is 25.7 Å². The summed E-state index contributed by atoms with van der Waals surface area (Å²) in [6, 6.07) is 5.58. The Labute approximate surface area is 210 Å². The summed E-state index contributed by atoms with van der Waals surface area (Å²) in [6.45, 7) is 1.43. The number of hydrogen-bond acceptors (Lipinski definition) is 6. The topological polar surface area (TPSA) is 197 Å². The summed E-state index contributed by atoms with van der Waals surface area (Å²) in [6.07, 6.45) is 4.42. The van der Waals surface area contributed by atoms with Crippen molar-refractivity contribution in [2.45, 2.75) is 62.4 Å². The Kier molecular flexibility index (Phi) is 7.54. The molecule has 202 valence electrons. The molecule has 1 aromatic carbocycles. The molecule has 5 atom stereocenters. The molecule has 2 fully saturated rings. The predicted octanol–water partition coefficient (Wildman–Crippen LogP) is 1.37. The summed E-state index contributed by atoms with van der Waals surface area (Å²) in [5.41, 5.74) is 0.309. The van der Waals surface area contributed by atoms with Gasteiger partial charge in [0.1, 0.15) is 11.4 Å². The van der Waals surface area contributed by atoms with E-state index in [2.05, 4.69) is 10.6 Å². The average Bonchev–Trinajstić information content (AvgIpc) is 3.05. The van der Waals surface area contributed by atoms with Gasteiger partial charge in [-0.05, 0) is 79.5 Å². The molecule has 0 spiro atoms. The molecule has 2 saturated carbocycles. The van der Waals surface area contributed by atoms with Gasteiger partial charge in [-0.3, -0.25) is 13.9 Å². The van der Waals surface area contributed by atoms with Gasteiger partial charge in [0.15, 0.2) is 5.40 Å². The van der Waals surface area contributed by atoms with Gasteiger partial charge in [0.05, 0.1) is 0 Å². The van der Waals surface area contributed by atoms with Crippen LogP contribution in [-0.2, 0) is 20.3 Å². The molecule has 1 aromatic rings. The maximum Gasteiger partial charge on any atom is 0.342 e. The van der Waals surface area contributed by atoms with E-state index in [9.17, 15) is 43.7 Å². The van der Waals surface area contributed by atoms with Gasteiger partial charge in [0.2, 0.25) is 0 Å². The molecule has 0 aliphatic heterocycles. The highest BCUT2D eigenvalue weighted by molar-refractivity contribution is 7.70. The number of nitrogens with one attached hydrogen (secondary N) is 2. The number of fused-ring (bicyclic) bond motifs is 5. The van der Waals surface area contributed by atoms with Crippen LogP contribution in [0.5, 0.6) is 5.75 Å². The highest BCUT2D eigenvalue weighted by Crippen LogP contribution is 2.64. The second-order valence-electron chi connectivity index (χ2n) is 10.8. The Hall–Kier alpha value is -1.29. The maximum absolute atomic E-state index is 13.2. The van der Waals surface area contributed by atoms with Crippen LogP contribution in [0.25, 0.3) is 0 Å². The number of phenolic OH excluding ortho intramolecular Hbond substituents is 1. The first-order valence-electron chi connectivity index (χ1n) is 12.3. The zero-order chi connectivity index (χ0) is 26.5. The molecule has 13 heteroatoms. The minimum Gasteiger partial charge on any atom is -0.508 e. The van der Waals surface area contributed by atoms with Crippen molar-refractivity contribution < 1.29 is 43.7 Å². The second-order valence-corrected chi connectivity index (χ2v) is 14.8. The number of aliphatic hydroxyl groups is 1. The van der Waals surface area contributed by atoms with Crippen LogP contribution in [0.1, 0.15) is 56.1 Å². The van der Waals surface area contributed by atoms with Crippen molar-refractivity contribution in [3.8, 4) is 5.75 Å². The number of phenols is 1. The quantitative estimate of drug-likeness (QED) is 0.174. The molecule has 3 aliphatic rings. The number of amides is 1. The van der Waals surface area contributed by atoms with Crippen molar-refractivity contribution in [2.24, 2.45) is 17.3 Å². The number of hydrogen-bond donors (Lipinski definition) is 8. The maximum atomic E-state index is 13.2. The third kappa shape index (κ3) is 4.93. The van der Waals surface area contributed by atoms with Gasteiger partial charge in [-0.1, -0.05) is 13.0 Å². The van der Waals surface area contributed by atoms with Crippen LogP contribution >= 0.6 is 15.2 Å². The molecule has 1 amide bonds. The number of benzene rings is 1. The number of carbonyl (C=O) groups excluding carboxylic acids is 1. The average molecular weight is 546 g/mol. The fraction of sp³-hybridized carbons (Fsp3) is 0.696. The molecule has 11 nitrogen and oxygen atoms in total. The lowest BCUT2D eigenvalue weighted by Gasteiger charge is -2.52. The first-order chi connectivity index (χ1) is 16.7. The summed E-state index contributed by atoms with van der Waals surface area (Å²) in [4.78, 5) is 49.9. The van der Waals surface area contributed by atoms with E-state index < -0.39 is 44.1 Å². The molecule has 3 unspecified atom stereocenters. The Bertz CT molecular complexity index is 1080. The molecule has 0 bridgehead atoms. The molecule has 0 aromatic heterocycles. The summed E-state index contributed by atoms with van der Waals surface area (Å²) < 4.78 is 22.7. The van der Waals surface area contributed by atoms with E-state index in [-0.39, 0.29) is 24.8 Å². The predicted molar refractivity (Wildman–Crippen MR) is 131 cm³/mol. The van der Waals surface area contributed by atoms with Crippen LogP contribution < -0.4 is 10.6 Å². The Morgan fingerprint density at radius 3 is 2.44 bits per heavy atom. The number of aromatic hydroxyl groups is 1. The van der Waals surface area contributed by atoms with Gasteiger partial charge in [0.25, 0.3) is 5.91 Å². The lowest BCUT2D eigenvalue weighted by Crippen LogP contribution is -2.59. The monoisotopic (exact) mass is 546 g/mol. The number of rotatable bonds is 8. The molecule has 4 rings (SSSR count). The SMILES string of the molecule is C[C@]12CCC3c4ccc(O)cc4CCC3C1CC[C@]2(O)C(=O)NCCNCC(P(=O)(O)O)P(=O)(O)O. The van der Waals surface area contributed by atoms with Crippen molar-refractivity contribution in [3.63, 3.8) is 0 Å². The molecular weight excluding hydrogens is 510 g/mol. The number of carbonyl (C=O) groups is 1. The van der Waals surface area contributed by atoms with Crippen molar-refractivity contribution >= 4 is 21.1 Å². The van der Waals surface area contributed by atoms with E-state index >= 15 is 0 Å². The summed E-state index contributed by atoms with van der Waals surface area (Å²) in [5.74, 6) is 0.655. The van der Waals surface area contributed by atoms with Crippen molar-refractivity contribution in [2.75, 3.05) is 19.6 Å². The Morgan fingerprint density at radius 1 is 1.08 bits per heavy atom. The fourth-order valence-electron chi connectivity index (χ4n) is 7.03. The molecule has 36 heavy (non-hydrogen) atoms. The highest BCUT2D eigenvalue weighted by atomic mass is 31.2. The van der Waals surface area contributed by atoms with E-state index in [4.69, 9.17) is 0 Å². The molecular formula is C23H36N2O9P2. The van der Waals surface area contributed by atoms with E-state index in [1.165, 1.54) is 11.1 Å². The Balaban J connectivity index is 1.37. The summed E-state index contributed by atoms with van der Waals surface area (Å²) in [7, 11) is -10.0. The molecule has 0 saturated heterocycles. The van der Waals surface area contributed by atoms with Crippen molar-refractivity contribution in [1.82, 2.24) is 10.6 Å². The zero-order valence-corrected chi connectivity index (χ0v) is 22.0. The van der Waals surface area contributed by atoms with Gasteiger partial charge in [0, 0.05) is 25.0 Å². The van der Waals surface area contributed by atoms with Gasteiger partial charge >= 0.3 is 15.2 Å². The fourth-order valence-corrected chi connectivity index (χ4v) is 9.33. The van der Waals surface area contributed by atoms with E-state index in [0.29, 0.717) is 24.7 Å². The minimum absolute atomic E-state index is 0.0206. The lowest BCUT2D eigenvalue weighted by molar-refractivity contribution is -0.159. The van der Waals surface area contributed by atoms with Crippen LogP contribution in [0, 0.1) is 17.3 Å². The van der Waals surface area contributed by atoms with Gasteiger partial charge in [-0.25, -0.2) is 0 Å². The van der Waals surface area contributed by atoms with Crippen LogP contribution in [0.15, 0.2) is 18.2 Å². The number of aryl methyl sites for hydroxylation is 1. The molecule has 0 heterocycles. The lowest BCUT2D eigenvalue weighted by atomic mass is 9.53. The Morgan fingerprint density at radius 2 is 1.78 bits per heavy atom. The summed E-state index contributed by atoms with van der Waals surface area (Å²) >= 11 is 0. The van der Waals surface area contributed by atoms with Gasteiger partial charge in [-0.15, -0.1) is 0 Å². The smallest absolute Gasteiger partial charge is 0.342 e. The van der Waals surface area contributed by atoms with Crippen LogP contribution in [0.3, 0.4) is 0 Å². The minimum atomic E-state index is -5.02. The van der Waals surface area contributed by atoms with Gasteiger partial charge in [-0.2, -0.15) is 0 Å². The van der Waals surface area contributed by atoms with Crippen LogP contribution in [-0.4, -0.2) is 66.3 Å². The molecule has 0 radical (unpaired) electrons.